The van der Waals surface area contributed by atoms with Crippen LogP contribution in [0, 0.1) is 6.92 Å². The third-order valence-corrected chi connectivity index (χ3v) is 6.58. The summed E-state index contributed by atoms with van der Waals surface area (Å²) < 4.78 is 25.6. The van der Waals surface area contributed by atoms with Crippen LogP contribution in [0.5, 0.6) is 0 Å². The first-order valence-electron chi connectivity index (χ1n) is 7.10. The molecule has 1 aliphatic rings. The Morgan fingerprint density at radius 2 is 2.22 bits per heavy atom. The molecule has 2 aromatic rings. The zero-order valence-electron chi connectivity index (χ0n) is 12.7. The van der Waals surface area contributed by atoms with Gasteiger partial charge in [0.1, 0.15) is 6.04 Å². The fourth-order valence-electron chi connectivity index (χ4n) is 2.74. The van der Waals surface area contributed by atoms with Gasteiger partial charge in [-0.1, -0.05) is 29.0 Å². The monoisotopic (exact) mass is 373 g/mol. The number of rotatable bonds is 3. The Balaban J connectivity index is 1.86. The van der Waals surface area contributed by atoms with Crippen molar-refractivity contribution in [2.75, 3.05) is 18.1 Å². The maximum atomic E-state index is 12.4. The standard InChI is InChI=1S/C14H16ClN3O3S2/c1-8-5-6-9(15)12-11(8)16-14(22-12)17-13(19)10-4-3-7-18(10)23(2,20)21/h5-6,10H,3-4,7H2,1-2H3,(H,16,17,19). The topological polar surface area (TPSA) is 79.4 Å². The molecule has 9 heteroatoms. The lowest BCUT2D eigenvalue weighted by Gasteiger charge is -2.20. The molecule has 1 N–H and O–H groups in total. The molecule has 1 saturated heterocycles. The molecular weight excluding hydrogens is 358 g/mol. The average molecular weight is 374 g/mol. The summed E-state index contributed by atoms with van der Waals surface area (Å²) in [5.74, 6) is -0.347. The van der Waals surface area contributed by atoms with E-state index in [4.69, 9.17) is 11.6 Å². The zero-order chi connectivity index (χ0) is 16.8. The van der Waals surface area contributed by atoms with E-state index in [1.807, 2.05) is 13.0 Å². The van der Waals surface area contributed by atoms with Crippen molar-refractivity contribution in [3.8, 4) is 0 Å². The minimum absolute atomic E-state index is 0.347. The van der Waals surface area contributed by atoms with Crippen molar-refractivity contribution in [2.24, 2.45) is 0 Å². The minimum Gasteiger partial charge on any atom is -0.301 e. The van der Waals surface area contributed by atoms with Gasteiger partial charge in [-0.15, -0.1) is 0 Å². The number of nitrogens with zero attached hydrogens (tertiary/aromatic N) is 2. The normalized spacial score (nSPS) is 19.3. The van der Waals surface area contributed by atoms with Crippen LogP contribution in [0.1, 0.15) is 18.4 Å². The molecular formula is C14H16ClN3O3S2. The number of carbonyl (C=O) groups excluding carboxylic acids is 1. The number of benzene rings is 1. The van der Waals surface area contributed by atoms with Crippen molar-refractivity contribution in [1.29, 1.82) is 0 Å². The zero-order valence-corrected chi connectivity index (χ0v) is 15.1. The number of anilines is 1. The average Bonchev–Trinajstić information content (AvgIpc) is 3.09. The molecule has 0 spiro atoms. The lowest BCUT2D eigenvalue weighted by Crippen LogP contribution is -2.42. The predicted octanol–water partition coefficient (Wildman–Crippen LogP) is 2.62. The summed E-state index contributed by atoms with van der Waals surface area (Å²) in [4.78, 5) is 16.8. The summed E-state index contributed by atoms with van der Waals surface area (Å²) in [5.41, 5.74) is 1.73. The fraction of sp³-hybridized carbons (Fsp3) is 0.429. The highest BCUT2D eigenvalue weighted by Crippen LogP contribution is 2.34. The van der Waals surface area contributed by atoms with E-state index < -0.39 is 16.1 Å². The summed E-state index contributed by atoms with van der Waals surface area (Å²) in [5, 5.41) is 3.75. The number of fused-ring (bicyclic) bond motifs is 1. The Hall–Kier alpha value is -1.22. The number of amides is 1. The van der Waals surface area contributed by atoms with Gasteiger partial charge in [-0.3, -0.25) is 4.79 Å². The molecule has 1 aromatic carbocycles. The number of nitrogens with one attached hydrogen (secondary N) is 1. The quantitative estimate of drug-likeness (QED) is 0.896. The second kappa shape index (κ2) is 6.01. The molecule has 0 radical (unpaired) electrons. The molecule has 1 fully saturated rings. The number of carbonyl (C=O) groups is 1. The molecule has 0 saturated carbocycles. The van der Waals surface area contributed by atoms with Crippen LogP contribution in [0.4, 0.5) is 5.13 Å². The molecule has 3 rings (SSSR count). The first-order chi connectivity index (χ1) is 10.8. The highest BCUT2D eigenvalue weighted by molar-refractivity contribution is 7.88. The van der Waals surface area contributed by atoms with Gasteiger partial charge < -0.3 is 5.32 Å². The second-order valence-electron chi connectivity index (χ2n) is 5.58. The summed E-state index contributed by atoms with van der Waals surface area (Å²) in [6.07, 6.45) is 2.32. The smallest absolute Gasteiger partial charge is 0.244 e. The molecule has 2 heterocycles. The number of aromatic nitrogens is 1. The molecule has 0 bridgehead atoms. The largest absolute Gasteiger partial charge is 0.301 e. The third-order valence-electron chi connectivity index (χ3n) is 3.86. The Bertz CT molecular complexity index is 840. The number of hydrogen-bond acceptors (Lipinski definition) is 5. The summed E-state index contributed by atoms with van der Waals surface area (Å²) in [6.45, 7) is 2.30. The Morgan fingerprint density at radius 3 is 2.87 bits per heavy atom. The molecule has 1 atom stereocenters. The number of thiazole rings is 1. The van der Waals surface area contributed by atoms with E-state index in [0.717, 1.165) is 22.0 Å². The minimum atomic E-state index is -3.39. The van der Waals surface area contributed by atoms with E-state index in [2.05, 4.69) is 10.3 Å². The molecule has 23 heavy (non-hydrogen) atoms. The van der Waals surface area contributed by atoms with Gasteiger partial charge in [0.05, 0.1) is 21.5 Å². The molecule has 1 aromatic heterocycles. The first kappa shape index (κ1) is 16.6. The molecule has 1 amide bonds. The fourth-order valence-corrected chi connectivity index (χ4v) is 5.09. The highest BCUT2D eigenvalue weighted by Gasteiger charge is 2.36. The highest BCUT2D eigenvalue weighted by atomic mass is 35.5. The van der Waals surface area contributed by atoms with Gasteiger partial charge in [-0.25, -0.2) is 13.4 Å². The van der Waals surface area contributed by atoms with Crippen LogP contribution < -0.4 is 5.32 Å². The van der Waals surface area contributed by atoms with Crippen LogP contribution in [0.3, 0.4) is 0 Å². The SMILES string of the molecule is Cc1ccc(Cl)c2sc(NC(=O)C3CCCN3S(C)(=O)=O)nc12. The molecule has 6 nitrogen and oxygen atoms in total. The Kier molecular flexibility index (Phi) is 4.35. The maximum Gasteiger partial charge on any atom is 0.244 e. The van der Waals surface area contributed by atoms with Crippen LogP contribution in [-0.4, -0.2) is 42.5 Å². The van der Waals surface area contributed by atoms with Crippen LogP contribution in [0.15, 0.2) is 12.1 Å². The summed E-state index contributed by atoms with van der Waals surface area (Å²) >= 11 is 7.45. The van der Waals surface area contributed by atoms with Gasteiger partial charge in [0, 0.05) is 6.54 Å². The molecule has 124 valence electrons. The van der Waals surface area contributed by atoms with E-state index in [0.29, 0.717) is 29.5 Å². The number of aryl methyl sites for hydroxylation is 1. The van der Waals surface area contributed by atoms with Gasteiger partial charge in [0.15, 0.2) is 5.13 Å². The number of halogens is 1. The van der Waals surface area contributed by atoms with Gasteiger partial charge in [0.2, 0.25) is 15.9 Å². The number of hydrogen-bond donors (Lipinski definition) is 1. The molecule has 0 aliphatic carbocycles. The van der Waals surface area contributed by atoms with Crippen LogP contribution in [-0.2, 0) is 14.8 Å². The Morgan fingerprint density at radius 1 is 1.48 bits per heavy atom. The van der Waals surface area contributed by atoms with Crippen LogP contribution in [0.2, 0.25) is 5.02 Å². The summed E-state index contributed by atoms with van der Waals surface area (Å²) in [6, 6.07) is 3.00. The molecule has 1 aliphatic heterocycles. The van der Waals surface area contributed by atoms with Crippen LogP contribution >= 0.6 is 22.9 Å². The first-order valence-corrected chi connectivity index (χ1v) is 10.1. The molecule has 1 unspecified atom stereocenters. The second-order valence-corrected chi connectivity index (χ2v) is 8.92. The van der Waals surface area contributed by atoms with Gasteiger partial charge in [-0.2, -0.15) is 4.31 Å². The van der Waals surface area contributed by atoms with Crippen molar-refractivity contribution >= 4 is 54.2 Å². The maximum absolute atomic E-state index is 12.4. The van der Waals surface area contributed by atoms with E-state index >= 15 is 0 Å². The van der Waals surface area contributed by atoms with Gasteiger partial charge in [0.25, 0.3) is 0 Å². The lowest BCUT2D eigenvalue weighted by molar-refractivity contribution is -0.119. The van der Waals surface area contributed by atoms with Crippen LogP contribution in [0.25, 0.3) is 10.2 Å². The van der Waals surface area contributed by atoms with E-state index in [9.17, 15) is 13.2 Å². The number of sulfonamides is 1. The third kappa shape index (κ3) is 3.21. The van der Waals surface area contributed by atoms with Crippen molar-refractivity contribution in [3.05, 3.63) is 22.7 Å². The predicted molar refractivity (Wildman–Crippen MR) is 92.6 cm³/mol. The van der Waals surface area contributed by atoms with Gasteiger partial charge in [-0.05, 0) is 31.4 Å². The summed E-state index contributed by atoms with van der Waals surface area (Å²) in [7, 11) is -3.39. The van der Waals surface area contributed by atoms with Crippen molar-refractivity contribution in [1.82, 2.24) is 9.29 Å². The van der Waals surface area contributed by atoms with E-state index in [-0.39, 0.29) is 5.91 Å². The van der Waals surface area contributed by atoms with Crippen molar-refractivity contribution in [3.63, 3.8) is 0 Å². The Labute approximate surface area is 143 Å². The van der Waals surface area contributed by atoms with E-state index in [1.54, 1.807) is 6.07 Å². The van der Waals surface area contributed by atoms with E-state index in [1.165, 1.54) is 15.6 Å². The van der Waals surface area contributed by atoms with Crippen molar-refractivity contribution < 1.29 is 13.2 Å². The lowest BCUT2D eigenvalue weighted by atomic mass is 10.2. The van der Waals surface area contributed by atoms with Crippen molar-refractivity contribution in [2.45, 2.75) is 25.8 Å². The van der Waals surface area contributed by atoms with Gasteiger partial charge >= 0.3 is 0 Å².